The van der Waals surface area contributed by atoms with Crippen LogP contribution in [0.1, 0.15) is 43.6 Å². The molecule has 4 aromatic rings. The predicted molar refractivity (Wildman–Crippen MR) is 114 cm³/mol. The summed E-state index contributed by atoms with van der Waals surface area (Å²) in [5.74, 6) is 0.368. The Labute approximate surface area is 164 Å². The summed E-state index contributed by atoms with van der Waals surface area (Å²) in [6.45, 7) is 0. The first-order valence-corrected chi connectivity index (χ1v) is 10.2. The number of hydrogen-bond acceptors (Lipinski definition) is 2. The standard InChI is InChI=1S/C25H24FNO/c1-27(19-15-13-18(26)14-16-19)23-12-6-11-22-21-10-5-9-20(24(21)28-25(22)23)17-7-3-2-4-8-17/h5-6,9-17H,2-4,7-8H2,1H3. The van der Waals surface area contributed by atoms with Gasteiger partial charge in [-0.15, -0.1) is 0 Å². The summed E-state index contributed by atoms with van der Waals surface area (Å²) < 4.78 is 19.8. The van der Waals surface area contributed by atoms with E-state index in [4.69, 9.17) is 4.42 Å². The van der Waals surface area contributed by atoms with E-state index >= 15 is 0 Å². The lowest BCUT2D eigenvalue weighted by molar-refractivity contribution is 0.442. The first-order valence-electron chi connectivity index (χ1n) is 10.2. The molecule has 1 heterocycles. The van der Waals surface area contributed by atoms with E-state index in [1.807, 2.05) is 7.05 Å². The molecule has 3 aromatic carbocycles. The summed E-state index contributed by atoms with van der Waals surface area (Å²) in [6.07, 6.45) is 6.45. The van der Waals surface area contributed by atoms with Crippen LogP contribution in [0.4, 0.5) is 15.8 Å². The topological polar surface area (TPSA) is 16.4 Å². The van der Waals surface area contributed by atoms with Crippen LogP contribution in [0.15, 0.2) is 65.1 Å². The average Bonchev–Trinajstić information content (AvgIpc) is 3.13. The van der Waals surface area contributed by atoms with Crippen molar-refractivity contribution < 1.29 is 8.81 Å². The van der Waals surface area contributed by atoms with E-state index < -0.39 is 0 Å². The lowest BCUT2D eigenvalue weighted by Crippen LogP contribution is -2.09. The molecule has 5 rings (SSSR count). The van der Waals surface area contributed by atoms with Crippen molar-refractivity contribution >= 4 is 33.3 Å². The zero-order chi connectivity index (χ0) is 19.1. The second kappa shape index (κ2) is 6.97. The van der Waals surface area contributed by atoms with Crippen molar-refractivity contribution in [1.29, 1.82) is 0 Å². The van der Waals surface area contributed by atoms with Gasteiger partial charge in [-0.3, -0.25) is 0 Å². The van der Waals surface area contributed by atoms with Gasteiger partial charge in [0.1, 0.15) is 11.4 Å². The summed E-state index contributed by atoms with van der Waals surface area (Å²) in [5.41, 5.74) is 5.21. The molecule has 1 aliphatic rings. The maximum atomic E-state index is 13.3. The number of para-hydroxylation sites is 2. The fourth-order valence-corrected chi connectivity index (χ4v) is 4.63. The normalized spacial score (nSPS) is 15.4. The van der Waals surface area contributed by atoms with Gasteiger partial charge in [0.05, 0.1) is 5.69 Å². The van der Waals surface area contributed by atoms with Gasteiger partial charge in [-0.05, 0) is 54.7 Å². The molecule has 0 radical (unpaired) electrons. The molecule has 0 spiro atoms. The average molecular weight is 373 g/mol. The second-order valence-corrected chi connectivity index (χ2v) is 7.85. The van der Waals surface area contributed by atoms with Gasteiger partial charge in [-0.2, -0.15) is 0 Å². The lowest BCUT2D eigenvalue weighted by Gasteiger charge is -2.22. The molecule has 142 valence electrons. The fourth-order valence-electron chi connectivity index (χ4n) is 4.63. The Bertz CT molecular complexity index is 1120. The molecule has 1 fully saturated rings. The summed E-state index contributed by atoms with van der Waals surface area (Å²) >= 11 is 0. The maximum Gasteiger partial charge on any atom is 0.159 e. The molecule has 28 heavy (non-hydrogen) atoms. The van der Waals surface area contributed by atoms with E-state index in [9.17, 15) is 4.39 Å². The van der Waals surface area contributed by atoms with Gasteiger partial charge in [-0.1, -0.05) is 49.6 Å². The highest BCUT2D eigenvalue weighted by atomic mass is 19.1. The van der Waals surface area contributed by atoms with Crippen molar-refractivity contribution in [2.24, 2.45) is 0 Å². The van der Waals surface area contributed by atoms with E-state index in [1.165, 1.54) is 55.2 Å². The van der Waals surface area contributed by atoms with Crippen molar-refractivity contribution in [3.05, 3.63) is 72.0 Å². The third-order valence-electron chi connectivity index (χ3n) is 6.15. The molecule has 0 saturated heterocycles. The zero-order valence-corrected chi connectivity index (χ0v) is 16.1. The molecule has 0 amide bonds. The summed E-state index contributed by atoms with van der Waals surface area (Å²) in [6, 6.07) is 19.4. The van der Waals surface area contributed by atoms with Crippen LogP contribution in [0.2, 0.25) is 0 Å². The van der Waals surface area contributed by atoms with Crippen molar-refractivity contribution in [3.63, 3.8) is 0 Å². The predicted octanol–water partition coefficient (Wildman–Crippen LogP) is 7.54. The van der Waals surface area contributed by atoms with Crippen molar-refractivity contribution in [2.75, 3.05) is 11.9 Å². The van der Waals surface area contributed by atoms with Gasteiger partial charge in [0.2, 0.25) is 0 Å². The Morgan fingerprint density at radius 2 is 1.50 bits per heavy atom. The van der Waals surface area contributed by atoms with E-state index in [0.29, 0.717) is 5.92 Å². The van der Waals surface area contributed by atoms with Crippen LogP contribution in [0.3, 0.4) is 0 Å². The third-order valence-corrected chi connectivity index (χ3v) is 6.15. The first-order chi connectivity index (χ1) is 13.7. The molecular weight excluding hydrogens is 349 g/mol. The van der Waals surface area contributed by atoms with Gasteiger partial charge in [-0.25, -0.2) is 4.39 Å². The zero-order valence-electron chi connectivity index (χ0n) is 16.1. The number of fused-ring (bicyclic) bond motifs is 3. The Kier molecular flexibility index (Phi) is 4.31. The van der Waals surface area contributed by atoms with Gasteiger partial charge >= 0.3 is 0 Å². The van der Waals surface area contributed by atoms with Crippen LogP contribution in [0.5, 0.6) is 0 Å². The molecule has 0 atom stereocenters. The molecule has 0 N–H and O–H groups in total. The molecular formula is C25H24FNO. The maximum absolute atomic E-state index is 13.3. The molecule has 0 bridgehead atoms. The van der Waals surface area contributed by atoms with E-state index in [-0.39, 0.29) is 5.82 Å². The van der Waals surface area contributed by atoms with E-state index in [0.717, 1.165) is 27.9 Å². The number of rotatable bonds is 3. The minimum atomic E-state index is -0.226. The second-order valence-electron chi connectivity index (χ2n) is 7.85. The first kappa shape index (κ1) is 17.3. The van der Waals surface area contributed by atoms with E-state index in [2.05, 4.69) is 41.3 Å². The Hall–Kier alpha value is -2.81. The van der Waals surface area contributed by atoms with Gasteiger partial charge < -0.3 is 9.32 Å². The molecule has 1 aliphatic carbocycles. The van der Waals surface area contributed by atoms with Gasteiger partial charge in [0, 0.05) is 23.5 Å². The summed E-state index contributed by atoms with van der Waals surface area (Å²) in [7, 11) is 2.00. The quantitative estimate of drug-likeness (QED) is 0.369. The van der Waals surface area contributed by atoms with Crippen LogP contribution in [0, 0.1) is 5.82 Å². The highest BCUT2D eigenvalue weighted by Crippen LogP contribution is 2.42. The molecule has 1 aromatic heterocycles. The summed E-state index contributed by atoms with van der Waals surface area (Å²) in [4.78, 5) is 2.06. The smallest absolute Gasteiger partial charge is 0.159 e. The van der Waals surface area contributed by atoms with Crippen LogP contribution >= 0.6 is 0 Å². The van der Waals surface area contributed by atoms with Crippen molar-refractivity contribution in [2.45, 2.75) is 38.0 Å². The lowest BCUT2D eigenvalue weighted by atomic mass is 9.83. The molecule has 3 heteroatoms. The summed E-state index contributed by atoms with van der Waals surface area (Å²) in [5, 5.41) is 2.33. The minimum Gasteiger partial charge on any atom is -0.454 e. The third kappa shape index (κ3) is 2.86. The number of furan rings is 1. The number of nitrogens with zero attached hydrogens (tertiary/aromatic N) is 1. The Morgan fingerprint density at radius 1 is 0.821 bits per heavy atom. The number of benzene rings is 3. The molecule has 1 saturated carbocycles. The van der Waals surface area contributed by atoms with Gasteiger partial charge in [0.25, 0.3) is 0 Å². The van der Waals surface area contributed by atoms with Crippen molar-refractivity contribution in [1.82, 2.24) is 0 Å². The number of hydrogen-bond donors (Lipinski definition) is 0. The minimum absolute atomic E-state index is 0.226. The van der Waals surface area contributed by atoms with Gasteiger partial charge in [0.15, 0.2) is 5.58 Å². The van der Waals surface area contributed by atoms with Crippen molar-refractivity contribution in [3.8, 4) is 0 Å². The van der Waals surface area contributed by atoms with Crippen LogP contribution in [-0.2, 0) is 0 Å². The fraction of sp³-hybridized carbons (Fsp3) is 0.280. The monoisotopic (exact) mass is 373 g/mol. The van der Waals surface area contributed by atoms with Crippen LogP contribution in [0.25, 0.3) is 21.9 Å². The van der Waals surface area contributed by atoms with Crippen LogP contribution < -0.4 is 4.90 Å². The SMILES string of the molecule is CN(c1ccc(F)cc1)c1cccc2c1oc1c(C3CCCCC3)cccc12. The molecule has 2 nitrogen and oxygen atoms in total. The largest absolute Gasteiger partial charge is 0.454 e. The molecule has 0 unspecified atom stereocenters. The highest BCUT2D eigenvalue weighted by Gasteiger charge is 2.22. The Morgan fingerprint density at radius 3 is 2.25 bits per heavy atom. The molecule has 0 aliphatic heterocycles. The highest BCUT2D eigenvalue weighted by molar-refractivity contribution is 6.10. The number of halogens is 1. The number of anilines is 2. The Balaban J connectivity index is 1.66. The van der Waals surface area contributed by atoms with Crippen LogP contribution in [-0.4, -0.2) is 7.05 Å². The van der Waals surface area contributed by atoms with E-state index in [1.54, 1.807) is 12.1 Å².